The van der Waals surface area contributed by atoms with Gasteiger partial charge in [0.15, 0.2) is 0 Å². The van der Waals surface area contributed by atoms with Gasteiger partial charge in [-0.05, 0) is 52.8 Å². The Labute approximate surface area is 301 Å². The third-order valence-corrected chi connectivity index (χ3v) is 11.1. The van der Waals surface area contributed by atoms with Gasteiger partial charge in [0, 0.05) is 50.3 Å². The van der Waals surface area contributed by atoms with Gasteiger partial charge < -0.3 is 14.5 Å². The van der Waals surface area contributed by atoms with Crippen molar-refractivity contribution in [1.29, 1.82) is 0 Å². The first-order chi connectivity index (χ1) is 25.8. The van der Waals surface area contributed by atoms with Crippen molar-refractivity contribution in [1.82, 2.24) is 14.5 Å². The molecule has 3 atom stereocenters. The van der Waals surface area contributed by atoms with Crippen molar-refractivity contribution in [3.63, 3.8) is 0 Å². The van der Waals surface area contributed by atoms with E-state index >= 15 is 0 Å². The molecule has 3 heterocycles. The molecule has 0 fully saturated rings. The smallest absolute Gasteiger partial charge is 0.201 e. The molecule has 4 nitrogen and oxygen atoms in total. The van der Waals surface area contributed by atoms with Crippen molar-refractivity contribution in [2.45, 2.75) is 6.29 Å². The van der Waals surface area contributed by atoms with E-state index in [9.17, 15) is 0 Å². The highest BCUT2D eigenvalue weighted by atomic mass is 15.3. The van der Waals surface area contributed by atoms with E-state index in [4.69, 9.17) is 4.99 Å². The molecule has 246 valence electrons. The highest BCUT2D eigenvalue weighted by molar-refractivity contribution is 6.26. The summed E-state index contributed by atoms with van der Waals surface area (Å²) in [6.07, 6.45) is 17.6. The second-order valence-corrected chi connectivity index (χ2v) is 13.9. The molecule has 1 N–H and O–H groups in total. The quantitative estimate of drug-likeness (QED) is 0.199. The van der Waals surface area contributed by atoms with Crippen LogP contribution in [0.4, 0.5) is 0 Å². The van der Waals surface area contributed by atoms with E-state index in [0.29, 0.717) is 0 Å². The molecule has 0 bridgehead atoms. The minimum Gasteiger partial charge on any atom is -0.349 e. The molecule has 0 radical (unpaired) electrons. The van der Waals surface area contributed by atoms with Gasteiger partial charge in [0.1, 0.15) is 0 Å². The Hall–Kier alpha value is -6.65. The van der Waals surface area contributed by atoms with Gasteiger partial charge in [-0.1, -0.05) is 146 Å². The average molecular weight is 667 g/mol. The SMILES string of the molecule is C1=CC2=CC=CC(C3=CC(c4cccc5ccccc45)=NC(n4c5ccccc5c5c6c(ccc54)c4ccccc4n6-c4ccccc4)N3)C2C=C1. The third kappa shape index (κ3) is 4.31. The number of aromatic nitrogens is 2. The van der Waals surface area contributed by atoms with Crippen LogP contribution in [0.3, 0.4) is 0 Å². The number of nitrogens with one attached hydrogen (secondary N) is 1. The molecule has 3 aliphatic rings. The summed E-state index contributed by atoms with van der Waals surface area (Å²) in [5, 5.41) is 11.4. The van der Waals surface area contributed by atoms with Crippen LogP contribution >= 0.6 is 0 Å². The third-order valence-electron chi connectivity index (χ3n) is 11.1. The maximum Gasteiger partial charge on any atom is 0.201 e. The second kappa shape index (κ2) is 11.4. The molecule has 2 aliphatic carbocycles. The van der Waals surface area contributed by atoms with E-state index in [2.05, 4.69) is 197 Å². The number of benzene rings is 6. The molecule has 1 aliphatic heterocycles. The standard InChI is InChI=1S/C48H34N4/c1-2-18-33(19-3-1)51-43-26-10-8-22-38(43)39-28-29-45-46(47(39)51)40-23-9-11-27-44(40)52(45)48-49-41(36-24-12-16-31-14-4-6-20-34(31)36)30-42(50-48)37-25-13-17-32-15-5-7-21-35(32)37/h1-30,34,36,48-49H. The van der Waals surface area contributed by atoms with E-state index in [-0.39, 0.29) is 18.1 Å². The van der Waals surface area contributed by atoms with Crippen molar-refractivity contribution in [3.05, 3.63) is 199 Å². The Balaban J connectivity index is 1.19. The van der Waals surface area contributed by atoms with E-state index in [0.717, 1.165) is 28.0 Å². The maximum absolute atomic E-state index is 5.61. The molecule has 2 aromatic heterocycles. The summed E-state index contributed by atoms with van der Waals surface area (Å²) in [6, 6.07) is 48.2. The molecule has 6 aromatic carbocycles. The van der Waals surface area contributed by atoms with Gasteiger partial charge in [0.05, 0.1) is 27.8 Å². The molecule has 0 saturated carbocycles. The van der Waals surface area contributed by atoms with Gasteiger partial charge in [-0.15, -0.1) is 0 Å². The van der Waals surface area contributed by atoms with Gasteiger partial charge in [0.25, 0.3) is 0 Å². The topological polar surface area (TPSA) is 34.2 Å². The second-order valence-electron chi connectivity index (χ2n) is 13.9. The van der Waals surface area contributed by atoms with Crippen molar-refractivity contribution in [3.8, 4) is 5.69 Å². The van der Waals surface area contributed by atoms with Crippen LogP contribution < -0.4 is 5.32 Å². The number of allylic oxidation sites excluding steroid dienone is 9. The zero-order valence-corrected chi connectivity index (χ0v) is 28.4. The minimum atomic E-state index is -0.380. The lowest BCUT2D eigenvalue weighted by Crippen LogP contribution is -2.35. The Kier molecular flexibility index (Phi) is 6.41. The molecule has 0 saturated heterocycles. The highest BCUT2D eigenvalue weighted by Crippen LogP contribution is 2.43. The number of aliphatic imine (C=N–C) groups is 1. The largest absolute Gasteiger partial charge is 0.349 e. The molecule has 11 rings (SSSR count). The van der Waals surface area contributed by atoms with Crippen LogP contribution in [0.5, 0.6) is 0 Å². The predicted molar refractivity (Wildman–Crippen MR) is 217 cm³/mol. The fourth-order valence-electron chi connectivity index (χ4n) is 8.87. The Morgan fingerprint density at radius 2 is 1.31 bits per heavy atom. The maximum atomic E-state index is 5.61. The van der Waals surface area contributed by atoms with Crippen LogP contribution in [0, 0.1) is 11.8 Å². The lowest BCUT2D eigenvalue weighted by atomic mass is 9.77. The van der Waals surface area contributed by atoms with Crippen LogP contribution in [0.1, 0.15) is 11.9 Å². The number of rotatable bonds is 4. The number of hydrogen-bond donors (Lipinski definition) is 1. The van der Waals surface area contributed by atoms with E-state index < -0.39 is 0 Å². The number of hydrogen-bond acceptors (Lipinski definition) is 2. The first kappa shape index (κ1) is 29.1. The van der Waals surface area contributed by atoms with Gasteiger partial charge in [-0.3, -0.25) is 0 Å². The van der Waals surface area contributed by atoms with Crippen LogP contribution in [-0.4, -0.2) is 14.8 Å². The normalized spacial score (nSPS) is 19.6. The van der Waals surface area contributed by atoms with Crippen molar-refractivity contribution in [2.75, 3.05) is 0 Å². The minimum absolute atomic E-state index is 0.143. The molecule has 4 heteroatoms. The van der Waals surface area contributed by atoms with Gasteiger partial charge >= 0.3 is 0 Å². The highest BCUT2D eigenvalue weighted by Gasteiger charge is 2.32. The fourth-order valence-corrected chi connectivity index (χ4v) is 8.87. The zero-order chi connectivity index (χ0) is 34.2. The first-order valence-electron chi connectivity index (χ1n) is 18.1. The summed E-state index contributed by atoms with van der Waals surface area (Å²) in [7, 11) is 0. The van der Waals surface area contributed by atoms with Crippen LogP contribution in [0.15, 0.2) is 198 Å². The van der Waals surface area contributed by atoms with E-state index in [1.165, 1.54) is 54.6 Å². The summed E-state index contributed by atoms with van der Waals surface area (Å²) in [6.45, 7) is 0. The molecule has 0 amide bonds. The summed E-state index contributed by atoms with van der Waals surface area (Å²) in [5.41, 5.74) is 10.5. The molecular weight excluding hydrogens is 633 g/mol. The lowest BCUT2D eigenvalue weighted by Gasteiger charge is -2.34. The van der Waals surface area contributed by atoms with Crippen molar-refractivity contribution >= 4 is 60.1 Å². The summed E-state index contributed by atoms with van der Waals surface area (Å²) < 4.78 is 4.87. The lowest BCUT2D eigenvalue weighted by molar-refractivity contribution is 0.436. The fraction of sp³-hybridized carbons (Fsp3) is 0.0625. The predicted octanol–water partition coefficient (Wildman–Crippen LogP) is 11.3. The molecular formula is C48H34N4. The summed E-state index contributed by atoms with van der Waals surface area (Å²) in [4.78, 5) is 5.61. The van der Waals surface area contributed by atoms with Crippen LogP contribution in [-0.2, 0) is 0 Å². The number of para-hydroxylation sites is 3. The monoisotopic (exact) mass is 666 g/mol. The van der Waals surface area contributed by atoms with E-state index in [1.54, 1.807) is 0 Å². The molecule has 0 spiro atoms. The molecule has 8 aromatic rings. The van der Waals surface area contributed by atoms with Crippen molar-refractivity contribution < 1.29 is 0 Å². The Morgan fingerprint density at radius 1 is 0.558 bits per heavy atom. The van der Waals surface area contributed by atoms with Crippen molar-refractivity contribution in [2.24, 2.45) is 16.8 Å². The van der Waals surface area contributed by atoms with Crippen LogP contribution in [0.2, 0.25) is 0 Å². The molecule has 52 heavy (non-hydrogen) atoms. The molecule has 3 unspecified atom stereocenters. The first-order valence-corrected chi connectivity index (χ1v) is 18.1. The van der Waals surface area contributed by atoms with Gasteiger partial charge in [-0.25, -0.2) is 4.99 Å². The zero-order valence-electron chi connectivity index (χ0n) is 28.4. The van der Waals surface area contributed by atoms with Gasteiger partial charge in [-0.2, -0.15) is 0 Å². The summed E-state index contributed by atoms with van der Waals surface area (Å²) in [5.74, 6) is 0.394. The van der Waals surface area contributed by atoms with E-state index in [1.807, 2.05) is 0 Å². The number of nitrogens with zero attached hydrogens (tertiary/aromatic N) is 3. The summed E-state index contributed by atoms with van der Waals surface area (Å²) >= 11 is 0. The van der Waals surface area contributed by atoms with Gasteiger partial charge in [0.2, 0.25) is 6.29 Å². The number of fused-ring (bicyclic) bond motifs is 9. The average Bonchev–Trinajstić information content (AvgIpc) is 3.73. The van der Waals surface area contributed by atoms with Crippen LogP contribution in [0.25, 0.3) is 60.1 Å². The Morgan fingerprint density at radius 3 is 2.21 bits per heavy atom. The Bertz CT molecular complexity index is 2940.